The highest BCUT2D eigenvalue weighted by Crippen LogP contribution is 3.02. The molecule has 0 saturated heterocycles. The Labute approximate surface area is 106 Å². The second-order valence-electron chi connectivity index (χ2n) is 3.00. The minimum absolute atomic E-state index is 0.0948. The summed E-state index contributed by atoms with van der Waals surface area (Å²) in [6.07, 6.45) is 0. The zero-order valence-corrected chi connectivity index (χ0v) is 10.9. The third-order valence-corrected chi connectivity index (χ3v) is 3.98. The van der Waals surface area contributed by atoms with Crippen LogP contribution in [0.25, 0.3) is 0 Å². The fourth-order valence-corrected chi connectivity index (χ4v) is 3.06. The van der Waals surface area contributed by atoms with E-state index in [0.717, 1.165) is 5.49 Å². The fraction of sp³-hybridized carbons (Fsp3) is 0. The van der Waals surface area contributed by atoms with E-state index in [-0.39, 0.29) is 6.07 Å². The Morgan fingerprint density at radius 3 is 2.12 bits per heavy atom. The molecule has 0 aliphatic heterocycles. The summed E-state index contributed by atoms with van der Waals surface area (Å²) in [7, 11) is -9.95. The van der Waals surface area contributed by atoms with Crippen molar-refractivity contribution < 1.29 is 23.8 Å². The molecule has 0 spiro atoms. The molecular weight excluding hydrogens is 356 g/mol. The highest BCUT2D eigenvalue weighted by atomic mass is 79.9. The summed E-state index contributed by atoms with van der Waals surface area (Å²) in [6.45, 7) is 0. The molecule has 1 aromatic rings. The van der Waals surface area contributed by atoms with Gasteiger partial charge in [0.25, 0.3) is 0 Å². The SMILES string of the molecule is Fc1cc(NC=S)cc(S(F)(F)(F)(F)F)c1Br. The quantitative estimate of drug-likeness (QED) is 0.555. The van der Waals surface area contributed by atoms with Crippen LogP contribution in [0.1, 0.15) is 0 Å². The Morgan fingerprint density at radius 1 is 1.18 bits per heavy atom. The Balaban J connectivity index is 3.61. The lowest BCUT2D eigenvalue weighted by Gasteiger charge is -2.41. The van der Waals surface area contributed by atoms with Crippen LogP contribution in [0.4, 0.5) is 29.5 Å². The number of anilines is 1. The van der Waals surface area contributed by atoms with Crippen LogP contribution in [0, 0.1) is 5.82 Å². The molecule has 0 unspecified atom stereocenters. The van der Waals surface area contributed by atoms with Crippen molar-refractivity contribution in [3.05, 3.63) is 22.4 Å². The first-order valence-corrected chi connectivity index (χ1v) is 7.00. The standard InChI is InChI=1S/C7H4BrF6NS2/c8-7-5(9)1-4(15-3-16)2-6(7)17(10,11,12,13)14/h1-3H,(H,15,16). The molecule has 1 aromatic carbocycles. The summed E-state index contributed by atoms with van der Waals surface area (Å²) in [5.41, 5.74) is 0.265. The Kier molecular flexibility index (Phi) is 3.01. The minimum Gasteiger partial charge on any atom is -0.353 e. The van der Waals surface area contributed by atoms with Crippen molar-refractivity contribution in [2.24, 2.45) is 0 Å². The smallest absolute Gasteiger partial charge is 0.311 e. The zero-order valence-electron chi connectivity index (χ0n) is 7.69. The van der Waals surface area contributed by atoms with Gasteiger partial charge in [-0.15, -0.1) is 0 Å². The Hall–Kier alpha value is -0.480. The van der Waals surface area contributed by atoms with Crippen LogP contribution in [-0.2, 0) is 0 Å². The maximum absolute atomic E-state index is 13.1. The van der Waals surface area contributed by atoms with E-state index >= 15 is 0 Å². The predicted octanol–water partition coefficient (Wildman–Crippen LogP) is 5.61. The van der Waals surface area contributed by atoms with Crippen LogP contribution in [0.5, 0.6) is 0 Å². The monoisotopic (exact) mass is 359 g/mol. The summed E-state index contributed by atoms with van der Waals surface area (Å²) in [4.78, 5) is -2.33. The van der Waals surface area contributed by atoms with Gasteiger partial charge in [0, 0.05) is 5.69 Å². The first kappa shape index (κ1) is 14.6. The van der Waals surface area contributed by atoms with Crippen LogP contribution in [0.3, 0.4) is 0 Å². The van der Waals surface area contributed by atoms with Crippen molar-refractivity contribution in [3.63, 3.8) is 0 Å². The lowest BCUT2D eigenvalue weighted by atomic mass is 10.3. The van der Waals surface area contributed by atoms with Crippen LogP contribution in [-0.4, -0.2) is 5.49 Å². The molecule has 0 heterocycles. The molecule has 0 amide bonds. The van der Waals surface area contributed by atoms with Gasteiger partial charge >= 0.3 is 10.2 Å². The molecular formula is C7H4BrF6NS2. The largest absolute Gasteiger partial charge is 0.353 e. The van der Waals surface area contributed by atoms with Crippen molar-refractivity contribution in [2.75, 3.05) is 5.32 Å². The van der Waals surface area contributed by atoms with E-state index in [1.165, 1.54) is 0 Å². The van der Waals surface area contributed by atoms with Gasteiger partial charge in [0.05, 0.1) is 9.96 Å². The summed E-state index contributed by atoms with van der Waals surface area (Å²) in [6, 6.07) is 0.706. The number of halogens is 7. The van der Waals surface area contributed by atoms with Gasteiger partial charge in [-0.3, -0.25) is 0 Å². The average molecular weight is 360 g/mol. The van der Waals surface area contributed by atoms with Crippen molar-refractivity contribution in [2.45, 2.75) is 4.90 Å². The van der Waals surface area contributed by atoms with E-state index in [0.29, 0.717) is 6.07 Å². The Bertz CT molecular complexity index is 485. The number of benzene rings is 1. The second-order valence-corrected chi connectivity index (χ2v) is 6.41. The van der Waals surface area contributed by atoms with E-state index < -0.39 is 31.1 Å². The molecule has 0 saturated carbocycles. The molecule has 1 rings (SSSR count). The summed E-state index contributed by atoms with van der Waals surface area (Å²) < 4.78 is 74.5. The van der Waals surface area contributed by atoms with Gasteiger partial charge in [0.15, 0.2) is 0 Å². The van der Waals surface area contributed by atoms with Gasteiger partial charge in [-0.05, 0) is 28.1 Å². The second kappa shape index (κ2) is 3.51. The maximum Gasteiger partial charge on any atom is 0.311 e. The topological polar surface area (TPSA) is 12.0 Å². The number of nitrogens with one attached hydrogen (secondary N) is 1. The molecule has 1 N–H and O–H groups in total. The van der Waals surface area contributed by atoms with Crippen LogP contribution in [0.15, 0.2) is 21.5 Å². The third-order valence-electron chi connectivity index (χ3n) is 1.64. The highest BCUT2D eigenvalue weighted by molar-refractivity contribution is 9.10. The van der Waals surface area contributed by atoms with Crippen LogP contribution >= 0.6 is 38.4 Å². The highest BCUT2D eigenvalue weighted by Gasteiger charge is 2.67. The lowest BCUT2D eigenvalue weighted by molar-refractivity contribution is 0.362. The molecule has 17 heavy (non-hydrogen) atoms. The molecule has 98 valence electrons. The molecule has 0 atom stereocenters. The first-order chi connectivity index (χ1) is 7.35. The van der Waals surface area contributed by atoms with Gasteiger partial charge in [0.2, 0.25) is 0 Å². The average Bonchev–Trinajstić information content (AvgIpc) is 2.07. The Morgan fingerprint density at radius 2 is 1.71 bits per heavy atom. The van der Waals surface area contributed by atoms with Crippen molar-refractivity contribution >= 4 is 49.6 Å². The lowest BCUT2D eigenvalue weighted by Crippen LogP contribution is -2.09. The van der Waals surface area contributed by atoms with Crippen molar-refractivity contribution in [1.82, 2.24) is 0 Å². The van der Waals surface area contributed by atoms with Crippen LogP contribution in [0.2, 0.25) is 0 Å². The number of hydrogen-bond donors (Lipinski definition) is 1. The molecule has 0 fully saturated rings. The van der Waals surface area contributed by atoms with E-state index in [2.05, 4.69) is 28.1 Å². The number of hydrogen-bond acceptors (Lipinski definition) is 1. The van der Waals surface area contributed by atoms with E-state index in [1.54, 1.807) is 0 Å². The van der Waals surface area contributed by atoms with Gasteiger partial charge in [-0.1, -0.05) is 31.6 Å². The predicted molar refractivity (Wildman–Crippen MR) is 62.8 cm³/mol. The van der Waals surface area contributed by atoms with E-state index in [1.807, 2.05) is 5.32 Å². The van der Waals surface area contributed by atoms with Crippen LogP contribution < -0.4 is 5.32 Å². The van der Waals surface area contributed by atoms with Gasteiger partial charge in [-0.25, -0.2) is 4.39 Å². The van der Waals surface area contributed by atoms with E-state index in [4.69, 9.17) is 0 Å². The zero-order chi connectivity index (χ0) is 13.5. The maximum atomic E-state index is 13.1. The molecule has 10 heteroatoms. The minimum atomic E-state index is -9.95. The van der Waals surface area contributed by atoms with Crippen molar-refractivity contribution in [3.8, 4) is 0 Å². The summed E-state index contributed by atoms with van der Waals surface area (Å²) in [5.74, 6) is -1.46. The first-order valence-electron chi connectivity index (χ1n) is 3.78. The molecule has 0 aliphatic rings. The molecule has 0 aliphatic carbocycles. The van der Waals surface area contributed by atoms with E-state index in [9.17, 15) is 23.8 Å². The van der Waals surface area contributed by atoms with Crippen molar-refractivity contribution in [1.29, 1.82) is 0 Å². The number of rotatable bonds is 3. The van der Waals surface area contributed by atoms with Gasteiger partial charge in [-0.2, -0.15) is 0 Å². The number of thiocarbonyl (C=S) groups is 1. The molecule has 0 bridgehead atoms. The van der Waals surface area contributed by atoms with Gasteiger partial charge in [0.1, 0.15) is 10.7 Å². The fourth-order valence-electron chi connectivity index (χ4n) is 0.996. The summed E-state index contributed by atoms with van der Waals surface area (Å²) in [5, 5.41) is 2.04. The third kappa shape index (κ3) is 3.49. The molecule has 0 radical (unpaired) electrons. The van der Waals surface area contributed by atoms with Gasteiger partial charge < -0.3 is 5.32 Å². The summed E-state index contributed by atoms with van der Waals surface area (Å²) >= 11 is 6.44. The molecule has 0 aromatic heterocycles. The normalized spacial score (nSPS) is 15.9. The molecule has 1 nitrogen and oxygen atoms in total.